The van der Waals surface area contributed by atoms with E-state index in [0.29, 0.717) is 0 Å². The number of hydrogen-bond donors (Lipinski definition) is 0. The number of carbonyl (C=O) groups excluding carboxylic acids is 1. The van der Waals surface area contributed by atoms with Crippen LogP contribution >= 0.6 is 0 Å². The van der Waals surface area contributed by atoms with Gasteiger partial charge in [0.05, 0.1) is 0 Å². The monoisotopic (exact) mass is 398 g/mol. The van der Waals surface area contributed by atoms with Crippen LogP contribution in [0.4, 0.5) is 0 Å². The first kappa shape index (κ1) is 17.7. The molecule has 0 saturated carbocycles. The van der Waals surface area contributed by atoms with Crippen LogP contribution in [-0.2, 0) is 14.6 Å². The molecule has 23 heavy (non-hydrogen) atoms. The van der Waals surface area contributed by atoms with Crippen LogP contribution in [-0.4, -0.2) is 42.0 Å². The molecule has 122 valence electrons. The molecule has 1 atom stereocenters. The van der Waals surface area contributed by atoms with E-state index in [9.17, 15) is 13.2 Å². The predicted molar refractivity (Wildman–Crippen MR) is 91.3 cm³/mol. The number of ketones is 1. The van der Waals surface area contributed by atoms with Crippen LogP contribution in [0.2, 0.25) is 4.82 Å². The number of sulfone groups is 1. The zero-order valence-electron chi connectivity index (χ0n) is 12.9. The molecule has 2 aromatic carbocycles. The molecule has 0 aliphatic carbocycles. The molecule has 0 heterocycles. The molecule has 0 aliphatic heterocycles. The zero-order valence-corrected chi connectivity index (χ0v) is 15.5. The van der Waals surface area contributed by atoms with E-state index in [0.717, 1.165) is 10.2 Å². The van der Waals surface area contributed by atoms with Crippen LogP contribution in [0.15, 0.2) is 59.5 Å². The van der Waals surface area contributed by atoms with Gasteiger partial charge >= 0.3 is 143 Å². The third-order valence-electron chi connectivity index (χ3n) is 3.26. The van der Waals surface area contributed by atoms with Crippen molar-refractivity contribution < 1.29 is 17.9 Å². The molecule has 0 N–H and O–H groups in total. The van der Waals surface area contributed by atoms with Gasteiger partial charge < -0.3 is 0 Å². The van der Waals surface area contributed by atoms with Gasteiger partial charge in [-0.15, -0.1) is 0 Å². The van der Waals surface area contributed by atoms with Crippen molar-refractivity contribution in [3.8, 4) is 5.75 Å². The fraction of sp³-hybridized carbons (Fsp3) is 0.235. The summed E-state index contributed by atoms with van der Waals surface area (Å²) in [5.41, 5.74) is 0. The first-order valence-electron chi connectivity index (χ1n) is 7.01. The summed E-state index contributed by atoms with van der Waals surface area (Å²) < 4.78 is 31.0. The topological polar surface area (TPSA) is 60.4 Å². The Morgan fingerprint density at radius 1 is 1.09 bits per heavy atom. The first-order valence-corrected chi connectivity index (χ1v) is 10.5. The van der Waals surface area contributed by atoms with Gasteiger partial charge in [-0.2, -0.15) is 0 Å². The van der Waals surface area contributed by atoms with E-state index in [1.165, 1.54) is 6.92 Å². The quantitative estimate of drug-likeness (QED) is 0.670. The Morgan fingerprint density at radius 2 is 1.70 bits per heavy atom. The van der Waals surface area contributed by atoms with Crippen molar-refractivity contribution in [1.29, 1.82) is 0 Å². The van der Waals surface area contributed by atoms with E-state index in [-0.39, 0.29) is 31.4 Å². The standard InChI is InChI=1S/C17H18O4SSe/c1-13(18)17(23-16-10-8-14(21-2)9-11-16)12-22(19,20)15-6-4-3-5-7-15/h3-11,17H,12H2,1-2H3. The van der Waals surface area contributed by atoms with Crippen molar-refractivity contribution in [2.75, 3.05) is 12.9 Å². The molecule has 0 aromatic heterocycles. The number of hydrogen-bond acceptors (Lipinski definition) is 4. The fourth-order valence-electron chi connectivity index (χ4n) is 1.98. The number of ether oxygens (including phenoxy) is 1. The van der Waals surface area contributed by atoms with E-state index in [1.807, 2.05) is 24.3 Å². The van der Waals surface area contributed by atoms with Crippen LogP contribution in [0.1, 0.15) is 6.92 Å². The minimum atomic E-state index is -3.47. The average molecular weight is 397 g/mol. The number of Topliss-reactive ketones (excluding diaryl/α,β-unsaturated/α-hetero) is 1. The molecule has 0 bridgehead atoms. The van der Waals surface area contributed by atoms with Gasteiger partial charge in [0.25, 0.3) is 0 Å². The summed E-state index contributed by atoms with van der Waals surface area (Å²) in [6.07, 6.45) is 0. The van der Waals surface area contributed by atoms with Gasteiger partial charge in [0.2, 0.25) is 0 Å². The summed E-state index contributed by atoms with van der Waals surface area (Å²) in [6.45, 7) is 1.45. The second kappa shape index (κ2) is 7.77. The molecule has 1 unspecified atom stereocenters. The van der Waals surface area contributed by atoms with Crippen molar-refractivity contribution >= 4 is 35.0 Å². The second-order valence-electron chi connectivity index (χ2n) is 4.99. The molecule has 0 spiro atoms. The Balaban J connectivity index is 2.17. The summed E-state index contributed by atoms with van der Waals surface area (Å²) in [5.74, 6) is 0.486. The maximum atomic E-state index is 12.5. The van der Waals surface area contributed by atoms with Crippen LogP contribution in [0, 0.1) is 0 Å². The van der Waals surface area contributed by atoms with Crippen molar-refractivity contribution in [3.63, 3.8) is 0 Å². The molecule has 4 nitrogen and oxygen atoms in total. The van der Waals surface area contributed by atoms with E-state index in [4.69, 9.17) is 4.74 Å². The molecule has 0 radical (unpaired) electrons. The van der Waals surface area contributed by atoms with Gasteiger partial charge in [-0.1, -0.05) is 0 Å². The Bertz CT molecular complexity index is 755. The van der Waals surface area contributed by atoms with Crippen LogP contribution in [0.5, 0.6) is 5.75 Å². The zero-order chi connectivity index (χ0) is 16.9. The predicted octanol–water partition coefficient (Wildman–Crippen LogP) is 1.88. The number of methoxy groups -OCH3 is 1. The Kier molecular flexibility index (Phi) is 5.99. The summed E-state index contributed by atoms with van der Waals surface area (Å²) in [4.78, 5) is 11.7. The number of benzene rings is 2. The Morgan fingerprint density at radius 3 is 2.22 bits per heavy atom. The number of rotatable bonds is 7. The summed E-state index contributed by atoms with van der Waals surface area (Å²) in [7, 11) is -1.88. The Hall–Kier alpha value is -1.62. The first-order chi connectivity index (χ1) is 10.9. The van der Waals surface area contributed by atoms with Gasteiger partial charge in [-0.3, -0.25) is 0 Å². The molecule has 2 rings (SSSR count). The van der Waals surface area contributed by atoms with E-state index in [1.54, 1.807) is 37.4 Å². The van der Waals surface area contributed by atoms with Crippen LogP contribution < -0.4 is 9.20 Å². The van der Waals surface area contributed by atoms with E-state index < -0.39 is 14.7 Å². The number of carbonyl (C=O) groups is 1. The van der Waals surface area contributed by atoms with Crippen molar-refractivity contribution in [2.24, 2.45) is 0 Å². The maximum absolute atomic E-state index is 12.5. The summed E-state index contributed by atoms with van der Waals surface area (Å²) in [6, 6.07) is 15.7. The summed E-state index contributed by atoms with van der Waals surface area (Å²) >= 11 is -0.250. The average Bonchev–Trinajstić information content (AvgIpc) is 2.55. The van der Waals surface area contributed by atoms with E-state index in [2.05, 4.69) is 0 Å². The van der Waals surface area contributed by atoms with Crippen molar-refractivity contribution in [1.82, 2.24) is 0 Å². The van der Waals surface area contributed by atoms with Gasteiger partial charge in [-0.25, -0.2) is 0 Å². The second-order valence-corrected chi connectivity index (χ2v) is 9.70. The molecule has 0 saturated heterocycles. The van der Waals surface area contributed by atoms with Gasteiger partial charge in [0.1, 0.15) is 0 Å². The van der Waals surface area contributed by atoms with Crippen LogP contribution in [0.25, 0.3) is 0 Å². The van der Waals surface area contributed by atoms with Crippen LogP contribution in [0.3, 0.4) is 0 Å². The van der Waals surface area contributed by atoms with Gasteiger partial charge in [0.15, 0.2) is 0 Å². The molecule has 6 heteroatoms. The normalized spacial score (nSPS) is 12.6. The molecule has 0 amide bonds. The third kappa shape index (κ3) is 4.93. The molecule has 0 aliphatic rings. The summed E-state index contributed by atoms with van der Waals surface area (Å²) in [5, 5.41) is 0. The van der Waals surface area contributed by atoms with Gasteiger partial charge in [-0.05, 0) is 0 Å². The SMILES string of the molecule is COc1ccc([Se]C(CS(=O)(=O)c2ccccc2)C(C)=O)cc1. The van der Waals surface area contributed by atoms with Crippen molar-refractivity contribution in [2.45, 2.75) is 16.6 Å². The minimum absolute atomic E-state index is 0.0969. The fourth-order valence-corrected chi connectivity index (χ4v) is 6.65. The molecular formula is C17H18O4SSe. The third-order valence-corrected chi connectivity index (χ3v) is 8.29. The molecule has 2 aromatic rings. The molecular weight excluding hydrogens is 379 g/mol. The molecule has 0 fully saturated rings. The van der Waals surface area contributed by atoms with Gasteiger partial charge in [0, 0.05) is 0 Å². The van der Waals surface area contributed by atoms with E-state index >= 15 is 0 Å². The Labute approximate surface area is 142 Å². The van der Waals surface area contributed by atoms with Crippen molar-refractivity contribution in [3.05, 3.63) is 54.6 Å².